The summed E-state index contributed by atoms with van der Waals surface area (Å²) in [5.74, 6) is -0.00266. The van der Waals surface area contributed by atoms with Crippen molar-refractivity contribution in [3.8, 4) is 0 Å². The van der Waals surface area contributed by atoms with E-state index in [1.54, 1.807) is 11.3 Å². The highest BCUT2D eigenvalue weighted by atomic mass is 32.1. The van der Waals surface area contributed by atoms with Crippen molar-refractivity contribution in [2.24, 2.45) is 0 Å². The van der Waals surface area contributed by atoms with Crippen molar-refractivity contribution >= 4 is 17.2 Å². The molecule has 0 aliphatic heterocycles. The van der Waals surface area contributed by atoms with Crippen molar-refractivity contribution in [2.75, 3.05) is 0 Å². The van der Waals surface area contributed by atoms with E-state index in [1.165, 1.54) is 17.0 Å². The number of nitrogens with zero attached hydrogens (tertiary/aromatic N) is 2. The first-order chi connectivity index (χ1) is 9.97. The third-order valence-electron chi connectivity index (χ3n) is 3.15. The van der Waals surface area contributed by atoms with Gasteiger partial charge in [-0.3, -0.25) is 14.2 Å². The van der Waals surface area contributed by atoms with Crippen LogP contribution in [0.4, 0.5) is 0 Å². The molecule has 6 heteroatoms. The van der Waals surface area contributed by atoms with Gasteiger partial charge in [-0.2, -0.15) is 0 Å². The molecular weight excluding hydrogens is 286 g/mol. The molecule has 0 saturated heterocycles. The molecule has 0 spiro atoms. The number of thiophene rings is 1. The van der Waals surface area contributed by atoms with Crippen molar-refractivity contribution in [1.82, 2.24) is 14.9 Å². The third-order valence-corrected chi connectivity index (χ3v) is 4.21. The number of hydrogen-bond acceptors (Lipinski definition) is 4. The van der Waals surface area contributed by atoms with Crippen molar-refractivity contribution in [1.29, 1.82) is 0 Å². The maximum absolute atomic E-state index is 12.0. The lowest BCUT2D eigenvalue weighted by atomic mass is 10.1. The van der Waals surface area contributed by atoms with Crippen LogP contribution in [-0.4, -0.2) is 15.5 Å². The fraction of sp³-hybridized carbons (Fsp3) is 0.400. The number of amides is 1. The van der Waals surface area contributed by atoms with Crippen LogP contribution in [-0.2, 0) is 11.3 Å². The maximum atomic E-state index is 12.0. The Bertz CT molecular complexity index is 662. The lowest BCUT2D eigenvalue weighted by molar-refractivity contribution is -0.122. The Hall–Kier alpha value is -1.95. The van der Waals surface area contributed by atoms with Gasteiger partial charge >= 0.3 is 0 Å². The van der Waals surface area contributed by atoms with Crippen LogP contribution in [0.15, 0.2) is 34.7 Å². The van der Waals surface area contributed by atoms with Gasteiger partial charge in [-0.15, -0.1) is 11.3 Å². The summed E-state index contributed by atoms with van der Waals surface area (Å²) in [4.78, 5) is 29.2. The average molecular weight is 305 g/mol. The Kier molecular flexibility index (Phi) is 4.90. The van der Waals surface area contributed by atoms with Crippen LogP contribution in [0, 0.1) is 0 Å². The summed E-state index contributed by atoms with van der Waals surface area (Å²) in [6, 6.07) is 5.35. The quantitative estimate of drug-likeness (QED) is 0.922. The van der Waals surface area contributed by atoms with E-state index in [0.717, 1.165) is 10.6 Å². The smallest absolute Gasteiger partial charge is 0.254 e. The molecule has 2 aromatic rings. The molecule has 2 aromatic heterocycles. The van der Waals surface area contributed by atoms with Crippen molar-refractivity contribution in [3.63, 3.8) is 0 Å². The van der Waals surface area contributed by atoms with Crippen LogP contribution < -0.4 is 10.9 Å². The highest BCUT2D eigenvalue weighted by Gasteiger charge is 2.12. The number of hydrogen-bond donors (Lipinski definition) is 1. The van der Waals surface area contributed by atoms with E-state index in [2.05, 4.69) is 10.3 Å². The molecule has 2 heterocycles. The van der Waals surface area contributed by atoms with Crippen LogP contribution in [0.1, 0.15) is 43.3 Å². The molecule has 0 radical (unpaired) electrons. The van der Waals surface area contributed by atoms with E-state index in [0.29, 0.717) is 0 Å². The Morgan fingerprint density at radius 2 is 2.19 bits per heavy atom. The molecule has 112 valence electrons. The predicted molar refractivity (Wildman–Crippen MR) is 83.5 cm³/mol. The zero-order valence-electron chi connectivity index (χ0n) is 12.4. The molecule has 0 aliphatic rings. The van der Waals surface area contributed by atoms with E-state index in [4.69, 9.17) is 0 Å². The summed E-state index contributed by atoms with van der Waals surface area (Å²) < 4.78 is 1.32. The number of nitrogens with one attached hydrogen (secondary N) is 1. The Balaban J connectivity index is 2.01. The minimum atomic E-state index is -0.201. The van der Waals surface area contributed by atoms with E-state index >= 15 is 0 Å². The Morgan fingerprint density at radius 3 is 2.76 bits per heavy atom. The number of carbonyl (C=O) groups excluding carboxylic acids is 1. The van der Waals surface area contributed by atoms with Gasteiger partial charge in [0, 0.05) is 10.9 Å². The molecule has 0 aliphatic carbocycles. The van der Waals surface area contributed by atoms with Gasteiger partial charge in [0.2, 0.25) is 5.91 Å². The SMILES string of the molecule is CC(C)c1cc(=O)n(CC(=O)N[C@@H](C)c2cccs2)cn1. The first-order valence-corrected chi connectivity index (χ1v) is 7.74. The molecule has 0 aromatic carbocycles. The highest BCUT2D eigenvalue weighted by Crippen LogP contribution is 2.17. The maximum Gasteiger partial charge on any atom is 0.254 e. The summed E-state index contributed by atoms with van der Waals surface area (Å²) in [7, 11) is 0. The van der Waals surface area contributed by atoms with Gasteiger partial charge in [0.25, 0.3) is 5.56 Å². The average Bonchev–Trinajstić information content (AvgIpc) is 2.94. The normalized spacial score (nSPS) is 12.4. The van der Waals surface area contributed by atoms with Gasteiger partial charge in [0.15, 0.2) is 0 Å². The lowest BCUT2D eigenvalue weighted by Crippen LogP contribution is -2.33. The lowest BCUT2D eigenvalue weighted by Gasteiger charge is -2.13. The summed E-state index contributed by atoms with van der Waals surface area (Å²) in [5, 5.41) is 4.85. The van der Waals surface area contributed by atoms with Gasteiger partial charge in [-0.05, 0) is 24.3 Å². The second-order valence-electron chi connectivity index (χ2n) is 5.24. The summed E-state index contributed by atoms with van der Waals surface area (Å²) in [6.07, 6.45) is 1.44. The predicted octanol–water partition coefficient (Wildman–Crippen LogP) is 2.31. The number of carbonyl (C=O) groups is 1. The van der Waals surface area contributed by atoms with E-state index in [-0.39, 0.29) is 30.0 Å². The summed E-state index contributed by atoms with van der Waals surface area (Å²) in [6.45, 7) is 5.86. The van der Waals surface area contributed by atoms with Crippen molar-refractivity contribution < 1.29 is 4.79 Å². The second-order valence-corrected chi connectivity index (χ2v) is 6.22. The topological polar surface area (TPSA) is 64.0 Å². The summed E-state index contributed by atoms with van der Waals surface area (Å²) in [5.41, 5.74) is 0.538. The Labute approximate surface area is 127 Å². The van der Waals surface area contributed by atoms with Crippen molar-refractivity contribution in [3.05, 3.63) is 50.8 Å². The fourth-order valence-corrected chi connectivity index (χ4v) is 2.66. The molecule has 0 saturated carbocycles. The van der Waals surface area contributed by atoms with Crippen LogP contribution in [0.3, 0.4) is 0 Å². The largest absolute Gasteiger partial charge is 0.347 e. The molecule has 0 unspecified atom stereocenters. The molecule has 5 nitrogen and oxygen atoms in total. The monoisotopic (exact) mass is 305 g/mol. The van der Waals surface area contributed by atoms with E-state index in [9.17, 15) is 9.59 Å². The van der Waals surface area contributed by atoms with Gasteiger partial charge in [-0.1, -0.05) is 19.9 Å². The molecule has 1 N–H and O–H groups in total. The minimum absolute atomic E-state index is 0.0140. The Morgan fingerprint density at radius 1 is 1.43 bits per heavy atom. The van der Waals surface area contributed by atoms with Crippen LogP contribution >= 0.6 is 11.3 Å². The molecule has 21 heavy (non-hydrogen) atoms. The van der Waals surface area contributed by atoms with Crippen LogP contribution in [0.25, 0.3) is 0 Å². The number of rotatable bonds is 5. The zero-order chi connectivity index (χ0) is 15.4. The molecule has 1 amide bonds. The second kappa shape index (κ2) is 6.67. The first-order valence-electron chi connectivity index (χ1n) is 6.86. The molecule has 2 rings (SSSR count). The van der Waals surface area contributed by atoms with Gasteiger partial charge in [0.1, 0.15) is 6.54 Å². The van der Waals surface area contributed by atoms with Crippen molar-refractivity contribution in [2.45, 2.75) is 39.3 Å². The molecular formula is C15H19N3O2S. The standard InChI is InChI=1S/C15H19N3O2S/c1-10(2)12-7-15(20)18(9-16-12)8-14(19)17-11(3)13-5-4-6-21-13/h4-7,9-11H,8H2,1-3H3,(H,17,19)/t11-/m0/s1. The molecule has 1 atom stereocenters. The zero-order valence-corrected chi connectivity index (χ0v) is 13.2. The first kappa shape index (κ1) is 15.4. The van der Waals surface area contributed by atoms with Crippen LogP contribution in [0.5, 0.6) is 0 Å². The summed E-state index contributed by atoms with van der Waals surface area (Å²) >= 11 is 1.59. The minimum Gasteiger partial charge on any atom is -0.347 e. The van der Waals surface area contributed by atoms with E-state index < -0.39 is 0 Å². The van der Waals surface area contributed by atoms with E-state index in [1.807, 2.05) is 38.3 Å². The van der Waals surface area contributed by atoms with Crippen LogP contribution in [0.2, 0.25) is 0 Å². The molecule has 0 bridgehead atoms. The van der Waals surface area contributed by atoms with Gasteiger partial charge < -0.3 is 5.32 Å². The third kappa shape index (κ3) is 4.01. The van der Waals surface area contributed by atoms with Gasteiger partial charge in [0.05, 0.1) is 18.1 Å². The van der Waals surface area contributed by atoms with Gasteiger partial charge in [-0.25, -0.2) is 4.98 Å². The molecule has 0 fully saturated rings. The fourth-order valence-electron chi connectivity index (χ4n) is 1.93. The number of aromatic nitrogens is 2. The highest BCUT2D eigenvalue weighted by molar-refractivity contribution is 7.10.